The van der Waals surface area contributed by atoms with Crippen LogP contribution >= 0.6 is 11.6 Å². The molecule has 1 aliphatic rings. The molecule has 1 atom stereocenters. The van der Waals surface area contributed by atoms with Gasteiger partial charge in [0.1, 0.15) is 0 Å². The lowest BCUT2D eigenvalue weighted by molar-refractivity contribution is -0.0226. The van der Waals surface area contributed by atoms with Crippen molar-refractivity contribution in [1.29, 1.82) is 0 Å². The van der Waals surface area contributed by atoms with Gasteiger partial charge in [-0.15, -0.1) is 0 Å². The van der Waals surface area contributed by atoms with Gasteiger partial charge in [-0.25, -0.2) is 0 Å². The maximum atomic E-state index is 12.3. The number of anilines is 1. The van der Waals surface area contributed by atoms with Crippen LogP contribution in [0.5, 0.6) is 0 Å². The number of morpholine rings is 1. The van der Waals surface area contributed by atoms with Crippen LogP contribution in [-0.2, 0) is 4.74 Å². The third-order valence-corrected chi connectivity index (χ3v) is 3.27. The van der Waals surface area contributed by atoms with Gasteiger partial charge >= 0.3 is 0 Å². The van der Waals surface area contributed by atoms with E-state index in [1.54, 1.807) is 23.1 Å². The molecule has 0 bridgehead atoms. The Morgan fingerprint density at radius 1 is 1.56 bits per heavy atom. The number of nitrogens with two attached hydrogens (primary N) is 1. The van der Waals surface area contributed by atoms with Crippen molar-refractivity contribution in [3.8, 4) is 0 Å². The zero-order chi connectivity index (χ0) is 13.1. The fourth-order valence-electron chi connectivity index (χ4n) is 2.07. The van der Waals surface area contributed by atoms with Gasteiger partial charge in [-0.2, -0.15) is 0 Å². The molecule has 1 aliphatic heterocycles. The molecule has 1 fully saturated rings. The van der Waals surface area contributed by atoms with Crippen LogP contribution in [0.15, 0.2) is 18.2 Å². The Balaban J connectivity index is 2.15. The quantitative estimate of drug-likeness (QED) is 0.837. The summed E-state index contributed by atoms with van der Waals surface area (Å²) in [6, 6.07) is 4.94. The molecule has 0 aliphatic carbocycles. The van der Waals surface area contributed by atoms with Crippen molar-refractivity contribution in [3.05, 3.63) is 28.8 Å². The molecule has 1 aromatic carbocycles. The van der Waals surface area contributed by atoms with E-state index in [0.29, 0.717) is 36.0 Å². The molecule has 1 amide bonds. The first-order chi connectivity index (χ1) is 8.60. The number of benzene rings is 1. The molecule has 5 heteroatoms. The zero-order valence-electron chi connectivity index (χ0n) is 10.4. The van der Waals surface area contributed by atoms with E-state index in [2.05, 4.69) is 6.92 Å². The van der Waals surface area contributed by atoms with Crippen LogP contribution in [0.2, 0.25) is 5.02 Å². The summed E-state index contributed by atoms with van der Waals surface area (Å²) >= 11 is 5.91. The lowest BCUT2D eigenvalue weighted by Crippen LogP contribution is -2.45. The van der Waals surface area contributed by atoms with E-state index in [0.717, 1.165) is 6.42 Å². The smallest absolute Gasteiger partial charge is 0.254 e. The van der Waals surface area contributed by atoms with E-state index in [1.807, 2.05) is 0 Å². The van der Waals surface area contributed by atoms with Crippen LogP contribution in [0.3, 0.4) is 0 Å². The molecule has 1 heterocycles. The fraction of sp³-hybridized carbons (Fsp3) is 0.462. The molecule has 0 radical (unpaired) electrons. The van der Waals surface area contributed by atoms with Gasteiger partial charge < -0.3 is 15.4 Å². The van der Waals surface area contributed by atoms with Gasteiger partial charge in [0.15, 0.2) is 0 Å². The number of hydrogen-bond donors (Lipinski definition) is 1. The molecule has 1 saturated heterocycles. The molecule has 0 spiro atoms. The minimum atomic E-state index is -0.0362. The summed E-state index contributed by atoms with van der Waals surface area (Å²) in [4.78, 5) is 14.1. The van der Waals surface area contributed by atoms with Crippen molar-refractivity contribution in [3.63, 3.8) is 0 Å². The van der Waals surface area contributed by atoms with Crippen LogP contribution in [0.4, 0.5) is 5.69 Å². The van der Waals surface area contributed by atoms with E-state index < -0.39 is 0 Å². The summed E-state index contributed by atoms with van der Waals surface area (Å²) in [6.07, 6.45) is 1.03. The van der Waals surface area contributed by atoms with Crippen molar-refractivity contribution in [2.45, 2.75) is 19.4 Å². The second-order valence-corrected chi connectivity index (χ2v) is 4.86. The second-order valence-electron chi connectivity index (χ2n) is 4.43. The third-order valence-electron chi connectivity index (χ3n) is 3.05. The van der Waals surface area contributed by atoms with Gasteiger partial charge in [0.25, 0.3) is 5.91 Å². The lowest BCUT2D eigenvalue weighted by Gasteiger charge is -2.32. The average Bonchev–Trinajstić information content (AvgIpc) is 2.37. The Morgan fingerprint density at radius 2 is 2.33 bits per heavy atom. The number of amides is 1. The topological polar surface area (TPSA) is 55.6 Å². The summed E-state index contributed by atoms with van der Waals surface area (Å²) in [5.74, 6) is -0.0362. The number of carbonyl (C=O) groups excluding carboxylic acids is 1. The maximum absolute atomic E-state index is 12.3. The summed E-state index contributed by atoms with van der Waals surface area (Å²) in [5, 5.41) is 0.485. The van der Waals surface area contributed by atoms with Crippen LogP contribution in [-0.4, -0.2) is 36.6 Å². The van der Waals surface area contributed by atoms with Gasteiger partial charge in [0.05, 0.1) is 12.7 Å². The number of nitrogens with zero attached hydrogens (tertiary/aromatic N) is 1. The molecule has 4 nitrogen and oxygen atoms in total. The molecule has 1 unspecified atom stereocenters. The van der Waals surface area contributed by atoms with Gasteiger partial charge in [0, 0.05) is 29.4 Å². The van der Waals surface area contributed by atoms with Gasteiger partial charge in [-0.1, -0.05) is 18.5 Å². The Kier molecular flexibility index (Phi) is 4.09. The SMILES string of the molecule is CCC1CN(C(=O)c2cc(N)cc(Cl)c2)CCO1. The summed E-state index contributed by atoms with van der Waals surface area (Å²) in [7, 11) is 0. The second kappa shape index (κ2) is 5.59. The van der Waals surface area contributed by atoms with Crippen molar-refractivity contribution in [1.82, 2.24) is 4.90 Å². The molecule has 98 valence electrons. The molecule has 0 aromatic heterocycles. The lowest BCUT2D eigenvalue weighted by atomic mass is 10.1. The van der Waals surface area contributed by atoms with E-state index in [9.17, 15) is 4.79 Å². The number of nitrogen functional groups attached to an aromatic ring is 1. The van der Waals surface area contributed by atoms with Crippen molar-refractivity contribution in [2.24, 2.45) is 0 Å². The Hall–Kier alpha value is -1.26. The summed E-state index contributed by atoms with van der Waals surface area (Å²) in [6.45, 7) is 3.87. The largest absolute Gasteiger partial charge is 0.399 e. The van der Waals surface area contributed by atoms with Crippen molar-refractivity contribution < 1.29 is 9.53 Å². The van der Waals surface area contributed by atoms with Crippen molar-refractivity contribution >= 4 is 23.2 Å². The molecular weight excluding hydrogens is 252 g/mol. The summed E-state index contributed by atoms with van der Waals surface area (Å²) in [5.41, 5.74) is 6.74. The molecule has 2 rings (SSSR count). The molecule has 18 heavy (non-hydrogen) atoms. The zero-order valence-corrected chi connectivity index (χ0v) is 11.1. The van der Waals surface area contributed by atoms with Crippen LogP contribution in [0.1, 0.15) is 23.7 Å². The van der Waals surface area contributed by atoms with E-state index in [4.69, 9.17) is 22.1 Å². The molecule has 0 saturated carbocycles. The monoisotopic (exact) mass is 268 g/mol. The third kappa shape index (κ3) is 2.94. The van der Waals surface area contributed by atoms with Crippen molar-refractivity contribution in [2.75, 3.05) is 25.4 Å². The number of rotatable bonds is 2. The van der Waals surface area contributed by atoms with Gasteiger partial charge in [-0.3, -0.25) is 4.79 Å². The molecule has 1 aromatic rings. The molecule has 2 N–H and O–H groups in total. The Morgan fingerprint density at radius 3 is 3.00 bits per heavy atom. The van der Waals surface area contributed by atoms with Crippen LogP contribution in [0, 0.1) is 0 Å². The van der Waals surface area contributed by atoms with E-state index in [-0.39, 0.29) is 12.0 Å². The number of hydrogen-bond acceptors (Lipinski definition) is 3. The highest BCUT2D eigenvalue weighted by atomic mass is 35.5. The normalized spacial score (nSPS) is 19.9. The van der Waals surface area contributed by atoms with E-state index >= 15 is 0 Å². The molecular formula is C13H17ClN2O2. The fourth-order valence-corrected chi connectivity index (χ4v) is 2.31. The number of ether oxygens (including phenoxy) is 1. The number of halogens is 1. The van der Waals surface area contributed by atoms with Crippen LogP contribution in [0.25, 0.3) is 0 Å². The Bertz CT molecular complexity index is 430. The van der Waals surface area contributed by atoms with Gasteiger partial charge in [0.2, 0.25) is 0 Å². The average molecular weight is 269 g/mol. The predicted octanol–water partition coefficient (Wildman–Crippen LogP) is 2.17. The maximum Gasteiger partial charge on any atom is 0.254 e. The highest BCUT2D eigenvalue weighted by molar-refractivity contribution is 6.31. The highest BCUT2D eigenvalue weighted by Crippen LogP contribution is 2.19. The van der Waals surface area contributed by atoms with E-state index in [1.165, 1.54) is 0 Å². The minimum Gasteiger partial charge on any atom is -0.399 e. The predicted molar refractivity (Wildman–Crippen MR) is 71.8 cm³/mol. The first-order valence-electron chi connectivity index (χ1n) is 6.07. The van der Waals surface area contributed by atoms with Gasteiger partial charge in [-0.05, 0) is 24.6 Å². The minimum absolute atomic E-state index is 0.0362. The summed E-state index contributed by atoms with van der Waals surface area (Å²) < 4.78 is 5.55. The first-order valence-corrected chi connectivity index (χ1v) is 6.45. The Labute approximate surface area is 112 Å². The highest BCUT2D eigenvalue weighted by Gasteiger charge is 2.24. The first kappa shape index (κ1) is 13.2. The number of carbonyl (C=O) groups is 1. The standard InChI is InChI=1S/C13H17ClN2O2/c1-2-12-8-16(3-4-18-12)13(17)9-5-10(14)7-11(15)6-9/h5-7,12H,2-4,8,15H2,1H3. The van der Waals surface area contributed by atoms with Crippen LogP contribution < -0.4 is 5.73 Å².